The number of aromatic nitrogens is 1. The molecule has 2 N–H and O–H groups in total. The van der Waals surface area contributed by atoms with Crippen LogP contribution in [0.3, 0.4) is 0 Å². The van der Waals surface area contributed by atoms with Gasteiger partial charge < -0.3 is 5.32 Å². The molecule has 2 aromatic carbocycles. The van der Waals surface area contributed by atoms with Crippen molar-refractivity contribution in [2.45, 2.75) is 19.5 Å². The van der Waals surface area contributed by atoms with Gasteiger partial charge >= 0.3 is 0 Å². The maximum absolute atomic E-state index is 12.6. The van der Waals surface area contributed by atoms with Crippen molar-refractivity contribution in [2.24, 2.45) is 4.99 Å². The van der Waals surface area contributed by atoms with E-state index < -0.39 is 6.04 Å². The highest BCUT2D eigenvalue weighted by Gasteiger charge is 2.30. The molecular formula is C21H19N5O2S. The molecule has 0 bridgehead atoms. The molecule has 8 heteroatoms. The van der Waals surface area contributed by atoms with Gasteiger partial charge in [-0.25, -0.2) is 15.0 Å². The lowest BCUT2D eigenvalue weighted by Crippen LogP contribution is -2.57. The number of carbonyl (C=O) groups excluding carboxylic acids is 2. The van der Waals surface area contributed by atoms with Gasteiger partial charge in [0.1, 0.15) is 11.0 Å². The molecule has 0 radical (unpaired) electrons. The summed E-state index contributed by atoms with van der Waals surface area (Å²) in [6, 6.07) is 18.3. The number of amides is 2. The third kappa shape index (κ3) is 4.17. The molecule has 7 nitrogen and oxygen atoms in total. The van der Waals surface area contributed by atoms with E-state index in [1.54, 1.807) is 19.1 Å². The molecule has 0 aliphatic carbocycles. The number of aliphatic imine (C=N–C) groups is 1. The van der Waals surface area contributed by atoms with Crippen molar-refractivity contribution in [3.8, 4) is 10.6 Å². The van der Waals surface area contributed by atoms with Gasteiger partial charge in [-0.15, -0.1) is 11.3 Å². The summed E-state index contributed by atoms with van der Waals surface area (Å²) in [5, 5.41) is 6.98. The second kappa shape index (κ2) is 8.24. The molecule has 2 heterocycles. The molecule has 29 heavy (non-hydrogen) atoms. The predicted molar refractivity (Wildman–Crippen MR) is 113 cm³/mol. The van der Waals surface area contributed by atoms with Crippen LogP contribution < -0.4 is 15.8 Å². The molecule has 4 rings (SSSR count). The highest BCUT2D eigenvalue weighted by molar-refractivity contribution is 7.13. The van der Waals surface area contributed by atoms with E-state index >= 15 is 0 Å². The average molecular weight is 405 g/mol. The Hall–Kier alpha value is -3.52. The van der Waals surface area contributed by atoms with Crippen molar-refractivity contribution in [1.82, 2.24) is 15.7 Å². The summed E-state index contributed by atoms with van der Waals surface area (Å²) in [5.74, 6) is -0.515. The van der Waals surface area contributed by atoms with Crippen LogP contribution in [-0.4, -0.2) is 28.7 Å². The number of benzene rings is 2. The topological polar surface area (TPSA) is 86.7 Å². The summed E-state index contributed by atoms with van der Waals surface area (Å²) in [4.78, 5) is 33.8. The number of para-hydroxylation sites is 1. The van der Waals surface area contributed by atoms with Gasteiger partial charge in [0.25, 0.3) is 11.8 Å². The number of carbonyl (C=O) groups is 2. The van der Waals surface area contributed by atoms with E-state index in [4.69, 9.17) is 0 Å². The molecule has 1 aromatic heterocycles. The molecule has 1 unspecified atom stereocenters. The normalized spacial score (nSPS) is 16.2. The first-order valence-corrected chi connectivity index (χ1v) is 10.0. The van der Waals surface area contributed by atoms with Gasteiger partial charge in [-0.05, 0) is 19.1 Å². The number of anilines is 1. The van der Waals surface area contributed by atoms with Gasteiger partial charge in [0.15, 0.2) is 0 Å². The van der Waals surface area contributed by atoms with Crippen molar-refractivity contribution in [3.63, 3.8) is 0 Å². The molecular weight excluding hydrogens is 386 g/mol. The molecule has 3 aromatic rings. The molecule has 2 amide bonds. The number of amidine groups is 1. The molecule has 0 fully saturated rings. The Balaban J connectivity index is 1.43. The summed E-state index contributed by atoms with van der Waals surface area (Å²) < 4.78 is 0. The Kier molecular flexibility index (Phi) is 5.35. The lowest BCUT2D eigenvalue weighted by Gasteiger charge is -2.30. The molecule has 1 aliphatic rings. The number of hydrazine groups is 1. The Bertz CT molecular complexity index is 1050. The van der Waals surface area contributed by atoms with Crippen LogP contribution in [0.1, 0.15) is 12.6 Å². The Morgan fingerprint density at radius 1 is 1.14 bits per heavy atom. The summed E-state index contributed by atoms with van der Waals surface area (Å²) in [6.45, 7) is 1.94. The zero-order chi connectivity index (χ0) is 20.2. The molecule has 0 saturated heterocycles. The monoisotopic (exact) mass is 405 g/mol. The standard InChI is InChI=1S/C21H19N5O2S/c1-14-21(28)26(17-10-6-3-7-11-17)25-18(23-14)19(27)22-12-16-13-29-20(24-16)15-8-4-2-5-9-15/h2-11,13-14H,12H2,1H3,(H,22,27)(H,23,25). The van der Waals surface area contributed by atoms with Crippen LogP contribution in [0, 0.1) is 0 Å². The first kappa shape index (κ1) is 18.8. The molecule has 0 spiro atoms. The Morgan fingerprint density at radius 3 is 2.55 bits per heavy atom. The minimum atomic E-state index is -0.652. The maximum Gasteiger partial charge on any atom is 0.288 e. The predicted octanol–water partition coefficient (Wildman–Crippen LogP) is 2.76. The van der Waals surface area contributed by atoms with Gasteiger partial charge in [0.05, 0.1) is 17.9 Å². The van der Waals surface area contributed by atoms with Gasteiger partial charge in [-0.1, -0.05) is 48.5 Å². The largest absolute Gasteiger partial charge is 0.344 e. The molecule has 0 saturated carbocycles. The fourth-order valence-electron chi connectivity index (χ4n) is 2.86. The van der Waals surface area contributed by atoms with Crippen molar-refractivity contribution < 1.29 is 9.59 Å². The summed E-state index contributed by atoms with van der Waals surface area (Å²) in [6.07, 6.45) is 0. The molecule has 1 aliphatic heterocycles. The van der Waals surface area contributed by atoms with E-state index in [2.05, 4.69) is 20.7 Å². The van der Waals surface area contributed by atoms with Gasteiger partial charge in [-0.2, -0.15) is 0 Å². The van der Waals surface area contributed by atoms with Crippen LogP contribution in [0.4, 0.5) is 5.69 Å². The molecule has 146 valence electrons. The van der Waals surface area contributed by atoms with Crippen molar-refractivity contribution in [3.05, 3.63) is 71.7 Å². The van der Waals surface area contributed by atoms with E-state index in [1.165, 1.54) is 16.3 Å². The minimum Gasteiger partial charge on any atom is -0.344 e. The number of nitrogens with zero attached hydrogens (tertiary/aromatic N) is 3. The zero-order valence-electron chi connectivity index (χ0n) is 15.7. The number of nitrogens with one attached hydrogen (secondary N) is 2. The minimum absolute atomic E-state index is 0.0967. The average Bonchev–Trinajstić information content (AvgIpc) is 3.24. The number of hydrogen-bond donors (Lipinski definition) is 2. The highest BCUT2D eigenvalue weighted by Crippen LogP contribution is 2.23. The van der Waals surface area contributed by atoms with Crippen LogP contribution >= 0.6 is 11.3 Å². The maximum atomic E-state index is 12.6. The van der Waals surface area contributed by atoms with Gasteiger partial charge in [0.2, 0.25) is 5.84 Å². The third-order valence-electron chi connectivity index (χ3n) is 4.35. The summed E-state index contributed by atoms with van der Waals surface area (Å²) >= 11 is 1.53. The van der Waals surface area contributed by atoms with E-state index in [-0.39, 0.29) is 24.2 Å². The number of thiazole rings is 1. The van der Waals surface area contributed by atoms with Crippen molar-refractivity contribution in [1.29, 1.82) is 0 Å². The van der Waals surface area contributed by atoms with Crippen molar-refractivity contribution >= 4 is 34.7 Å². The summed E-state index contributed by atoms with van der Waals surface area (Å²) in [5.41, 5.74) is 5.28. The van der Waals surface area contributed by atoms with E-state index in [9.17, 15) is 9.59 Å². The zero-order valence-corrected chi connectivity index (χ0v) is 16.5. The SMILES string of the molecule is CC1N=C(C(=O)NCc2csc(-c3ccccc3)n2)NN(c2ccccc2)C1=O. The van der Waals surface area contributed by atoms with Crippen LogP contribution in [0.15, 0.2) is 71.0 Å². The lowest BCUT2D eigenvalue weighted by molar-refractivity contribution is -0.120. The second-order valence-corrected chi connectivity index (χ2v) is 7.33. The number of rotatable bonds is 5. The van der Waals surface area contributed by atoms with E-state index in [0.29, 0.717) is 5.69 Å². The van der Waals surface area contributed by atoms with Crippen LogP contribution in [0.25, 0.3) is 10.6 Å². The van der Waals surface area contributed by atoms with E-state index in [1.807, 2.05) is 53.9 Å². The smallest absolute Gasteiger partial charge is 0.288 e. The number of hydrogen-bond acceptors (Lipinski definition) is 6. The van der Waals surface area contributed by atoms with Crippen LogP contribution in [0.2, 0.25) is 0 Å². The van der Waals surface area contributed by atoms with Gasteiger partial charge in [-0.3, -0.25) is 15.0 Å². The first-order valence-electron chi connectivity index (χ1n) is 9.13. The van der Waals surface area contributed by atoms with E-state index in [0.717, 1.165) is 16.3 Å². The highest BCUT2D eigenvalue weighted by atomic mass is 32.1. The fourth-order valence-corrected chi connectivity index (χ4v) is 3.69. The van der Waals surface area contributed by atoms with Gasteiger partial charge in [0, 0.05) is 10.9 Å². The van der Waals surface area contributed by atoms with Crippen molar-refractivity contribution in [2.75, 3.05) is 5.01 Å². The third-order valence-corrected chi connectivity index (χ3v) is 5.29. The molecule has 1 atom stereocenters. The van der Waals surface area contributed by atoms with Crippen LogP contribution in [0.5, 0.6) is 0 Å². The fraction of sp³-hybridized carbons (Fsp3) is 0.143. The second-order valence-electron chi connectivity index (χ2n) is 6.47. The quantitative estimate of drug-likeness (QED) is 0.683. The van der Waals surface area contributed by atoms with Crippen LogP contribution in [-0.2, 0) is 16.1 Å². The lowest BCUT2D eigenvalue weighted by atomic mass is 10.2. The summed E-state index contributed by atoms with van der Waals surface area (Å²) in [7, 11) is 0. The first-order chi connectivity index (χ1) is 14.1. The Morgan fingerprint density at radius 2 is 1.83 bits per heavy atom. The Labute approximate surface area is 172 Å².